The molecule has 1 heterocycles. The molecule has 0 radical (unpaired) electrons. The summed E-state index contributed by atoms with van der Waals surface area (Å²) in [6, 6.07) is 4.38. The molecule has 1 aromatic heterocycles. The molecular weight excluding hydrogens is 266 g/mol. The van der Waals surface area contributed by atoms with Crippen LogP contribution < -0.4 is 5.73 Å². The quantitative estimate of drug-likeness (QED) is 0.513. The summed E-state index contributed by atoms with van der Waals surface area (Å²) >= 11 is 0. The number of nitro benzene ring substituents is 1. The van der Waals surface area contributed by atoms with Crippen molar-refractivity contribution in [3.63, 3.8) is 0 Å². The Hall–Kier alpha value is -2.97. The van der Waals surface area contributed by atoms with Gasteiger partial charge in [-0.15, -0.1) is 0 Å². The molecule has 0 bridgehead atoms. The Morgan fingerprint density at radius 1 is 1.30 bits per heavy atom. The number of nitrogens with zero attached hydrogens (tertiary/aromatic N) is 4. The van der Waals surface area contributed by atoms with Gasteiger partial charge in [-0.25, -0.2) is 0 Å². The molecule has 9 heteroatoms. The van der Waals surface area contributed by atoms with Crippen molar-refractivity contribution in [3.8, 4) is 0 Å². The molecule has 0 saturated carbocycles. The minimum atomic E-state index is -0.574. The van der Waals surface area contributed by atoms with Gasteiger partial charge in [-0.05, 0) is 23.5 Å². The number of nitrogen functional groups attached to an aromatic ring is 1. The van der Waals surface area contributed by atoms with Crippen LogP contribution in [0.25, 0.3) is 0 Å². The van der Waals surface area contributed by atoms with Crippen molar-refractivity contribution in [1.29, 1.82) is 0 Å². The number of anilines is 1. The van der Waals surface area contributed by atoms with E-state index >= 15 is 0 Å². The second-order valence-electron chi connectivity index (χ2n) is 4.24. The van der Waals surface area contributed by atoms with E-state index < -0.39 is 9.85 Å². The van der Waals surface area contributed by atoms with Crippen LogP contribution in [0.15, 0.2) is 24.4 Å². The summed E-state index contributed by atoms with van der Waals surface area (Å²) in [5, 5.41) is 25.3. The van der Waals surface area contributed by atoms with E-state index in [2.05, 4.69) is 5.10 Å². The normalized spacial score (nSPS) is 10.4. The van der Waals surface area contributed by atoms with E-state index in [4.69, 9.17) is 5.73 Å². The van der Waals surface area contributed by atoms with Crippen LogP contribution in [0.1, 0.15) is 11.1 Å². The fourth-order valence-corrected chi connectivity index (χ4v) is 1.80. The van der Waals surface area contributed by atoms with Crippen LogP contribution in [-0.4, -0.2) is 19.6 Å². The molecule has 9 nitrogen and oxygen atoms in total. The standard InChI is InChI=1S/C11H11N5O4/c1-7-5-14(13-11(7)16(19)20)6-8-2-3-9(12)10(4-8)15(17)18/h2-5H,6,12H2,1H3. The van der Waals surface area contributed by atoms with E-state index in [0.29, 0.717) is 11.1 Å². The largest absolute Gasteiger partial charge is 0.393 e. The summed E-state index contributed by atoms with van der Waals surface area (Å²) in [7, 11) is 0. The van der Waals surface area contributed by atoms with Gasteiger partial charge in [0.05, 0.1) is 28.3 Å². The van der Waals surface area contributed by atoms with Crippen LogP contribution in [0.5, 0.6) is 0 Å². The van der Waals surface area contributed by atoms with Crippen LogP contribution in [0, 0.1) is 27.2 Å². The first-order chi connectivity index (χ1) is 9.38. The number of nitrogens with two attached hydrogens (primary N) is 1. The number of hydrogen-bond acceptors (Lipinski definition) is 6. The number of hydrogen-bond donors (Lipinski definition) is 1. The molecule has 0 amide bonds. The molecule has 0 aliphatic rings. The Balaban J connectivity index is 2.31. The lowest BCUT2D eigenvalue weighted by Gasteiger charge is -2.01. The smallest absolute Gasteiger partial charge is 0.392 e. The van der Waals surface area contributed by atoms with Crippen molar-refractivity contribution in [3.05, 3.63) is 55.8 Å². The average Bonchev–Trinajstić information content (AvgIpc) is 2.72. The number of aromatic nitrogens is 2. The molecule has 0 aliphatic heterocycles. The first kappa shape index (κ1) is 13.5. The second kappa shape index (κ2) is 4.96. The highest BCUT2D eigenvalue weighted by Crippen LogP contribution is 2.23. The van der Waals surface area contributed by atoms with Crippen LogP contribution >= 0.6 is 0 Å². The molecule has 0 atom stereocenters. The Morgan fingerprint density at radius 2 is 2.00 bits per heavy atom. The third-order valence-electron chi connectivity index (χ3n) is 2.73. The van der Waals surface area contributed by atoms with Gasteiger partial charge in [0.1, 0.15) is 5.69 Å². The zero-order chi connectivity index (χ0) is 14.9. The Morgan fingerprint density at radius 3 is 2.55 bits per heavy atom. The molecule has 2 aromatic rings. The summed E-state index contributed by atoms with van der Waals surface area (Å²) in [5.41, 5.74) is 6.39. The molecular formula is C11H11N5O4. The van der Waals surface area contributed by atoms with Crippen molar-refractivity contribution < 1.29 is 9.85 Å². The average molecular weight is 277 g/mol. The number of benzene rings is 1. The summed E-state index contributed by atoms with van der Waals surface area (Å²) in [5.74, 6) is -0.227. The first-order valence-electron chi connectivity index (χ1n) is 5.59. The van der Waals surface area contributed by atoms with Crippen molar-refractivity contribution >= 4 is 17.2 Å². The number of nitro groups is 2. The highest BCUT2D eigenvalue weighted by molar-refractivity contribution is 5.59. The van der Waals surface area contributed by atoms with Gasteiger partial charge in [-0.1, -0.05) is 6.07 Å². The van der Waals surface area contributed by atoms with Crippen molar-refractivity contribution in [1.82, 2.24) is 9.78 Å². The first-order valence-corrected chi connectivity index (χ1v) is 5.59. The maximum absolute atomic E-state index is 10.8. The van der Waals surface area contributed by atoms with E-state index in [1.165, 1.54) is 23.0 Å². The molecule has 2 N–H and O–H groups in total. The van der Waals surface area contributed by atoms with E-state index in [1.54, 1.807) is 13.0 Å². The monoisotopic (exact) mass is 277 g/mol. The lowest BCUT2D eigenvalue weighted by Crippen LogP contribution is -2.03. The summed E-state index contributed by atoms with van der Waals surface area (Å²) in [6.45, 7) is 1.77. The predicted molar refractivity (Wildman–Crippen MR) is 70.2 cm³/mol. The summed E-state index contributed by atoms with van der Waals surface area (Å²) < 4.78 is 1.36. The lowest BCUT2D eigenvalue weighted by atomic mass is 10.2. The van der Waals surface area contributed by atoms with Gasteiger partial charge in [0, 0.05) is 6.07 Å². The molecule has 0 fully saturated rings. The molecule has 2 rings (SSSR count). The topological polar surface area (TPSA) is 130 Å². The number of rotatable bonds is 4. The molecule has 1 aromatic carbocycles. The summed E-state index contributed by atoms with van der Waals surface area (Å²) in [6.07, 6.45) is 1.51. The molecule has 0 aliphatic carbocycles. The zero-order valence-corrected chi connectivity index (χ0v) is 10.5. The molecule has 0 spiro atoms. The SMILES string of the molecule is Cc1cn(Cc2ccc(N)c([N+](=O)[O-])c2)nc1[N+](=O)[O-]. The van der Waals surface area contributed by atoms with Crippen LogP contribution in [0.2, 0.25) is 0 Å². The molecule has 0 saturated heterocycles. The van der Waals surface area contributed by atoms with Crippen molar-refractivity contribution in [2.24, 2.45) is 0 Å². The highest BCUT2D eigenvalue weighted by Gasteiger charge is 2.18. The van der Waals surface area contributed by atoms with Gasteiger partial charge in [0.25, 0.3) is 5.69 Å². The summed E-state index contributed by atoms with van der Waals surface area (Å²) in [4.78, 5) is 20.3. The Bertz CT molecular complexity index is 694. The molecule has 104 valence electrons. The predicted octanol–water partition coefficient (Wildman–Crippen LogP) is 1.64. The van der Waals surface area contributed by atoms with E-state index in [9.17, 15) is 20.2 Å². The van der Waals surface area contributed by atoms with E-state index in [1.807, 2.05) is 0 Å². The van der Waals surface area contributed by atoms with Gasteiger partial charge < -0.3 is 15.8 Å². The van der Waals surface area contributed by atoms with E-state index in [0.717, 1.165) is 0 Å². The van der Waals surface area contributed by atoms with Gasteiger partial charge in [-0.2, -0.15) is 4.68 Å². The Labute approximate surface area is 112 Å². The lowest BCUT2D eigenvalue weighted by molar-refractivity contribution is -0.390. The van der Waals surface area contributed by atoms with Crippen molar-refractivity contribution in [2.75, 3.05) is 5.73 Å². The van der Waals surface area contributed by atoms with Gasteiger partial charge in [0.15, 0.2) is 0 Å². The fourth-order valence-electron chi connectivity index (χ4n) is 1.80. The fraction of sp³-hybridized carbons (Fsp3) is 0.182. The maximum Gasteiger partial charge on any atom is 0.392 e. The van der Waals surface area contributed by atoms with E-state index in [-0.39, 0.29) is 23.7 Å². The Kier molecular flexibility index (Phi) is 3.34. The second-order valence-corrected chi connectivity index (χ2v) is 4.24. The number of aryl methyl sites for hydroxylation is 1. The van der Waals surface area contributed by atoms with Gasteiger partial charge in [0.2, 0.25) is 0 Å². The minimum absolute atomic E-state index is 0.0707. The molecule has 20 heavy (non-hydrogen) atoms. The minimum Gasteiger partial charge on any atom is -0.393 e. The van der Waals surface area contributed by atoms with Crippen LogP contribution in [0.4, 0.5) is 17.2 Å². The van der Waals surface area contributed by atoms with Gasteiger partial charge in [-0.3, -0.25) is 10.1 Å². The highest BCUT2D eigenvalue weighted by atomic mass is 16.6. The van der Waals surface area contributed by atoms with Crippen LogP contribution in [0.3, 0.4) is 0 Å². The van der Waals surface area contributed by atoms with Crippen molar-refractivity contribution in [2.45, 2.75) is 13.5 Å². The molecule has 0 unspecified atom stereocenters. The van der Waals surface area contributed by atoms with Gasteiger partial charge >= 0.3 is 5.82 Å². The third-order valence-corrected chi connectivity index (χ3v) is 2.73. The third kappa shape index (κ3) is 2.55. The van der Waals surface area contributed by atoms with Crippen LogP contribution in [-0.2, 0) is 6.54 Å². The zero-order valence-electron chi connectivity index (χ0n) is 10.5. The maximum atomic E-state index is 10.8.